The molecule has 0 amide bonds. The fourth-order valence-corrected chi connectivity index (χ4v) is 3.54. The lowest BCUT2D eigenvalue weighted by molar-refractivity contribution is -0.107. The van der Waals surface area contributed by atoms with Gasteiger partial charge in [0.1, 0.15) is 11.3 Å². The van der Waals surface area contributed by atoms with Crippen LogP contribution in [-0.4, -0.2) is 35.5 Å². The second-order valence-corrected chi connectivity index (χ2v) is 5.94. The molecule has 1 aliphatic rings. The molecule has 1 fully saturated rings. The van der Waals surface area contributed by atoms with Gasteiger partial charge in [-0.15, -0.1) is 11.3 Å². The second kappa shape index (κ2) is 7.09. The molecule has 19 heavy (non-hydrogen) atoms. The molecule has 1 saturated heterocycles. The third-order valence-corrected chi connectivity index (χ3v) is 4.72. The quantitative estimate of drug-likeness (QED) is 0.677. The van der Waals surface area contributed by atoms with Crippen LogP contribution in [0, 0.1) is 6.92 Å². The Labute approximate surface area is 117 Å². The number of piperidine rings is 1. The zero-order chi connectivity index (χ0) is 13.7. The van der Waals surface area contributed by atoms with Gasteiger partial charge in [0, 0.05) is 6.04 Å². The van der Waals surface area contributed by atoms with Gasteiger partial charge in [-0.3, -0.25) is 5.32 Å². The summed E-state index contributed by atoms with van der Waals surface area (Å²) < 4.78 is 0. The third kappa shape index (κ3) is 3.60. The Balaban J connectivity index is 2.16. The van der Waals surface area contributed by atoms with E-state index in [1.807, 2.05) is 6.92 Å². The molecule has 2 rings (SSSR count). The minimum atomic E-state index is 0.0298. The maximum Gasteiger partial charge on any atom is 0.133 e. The van der Waals surface area contributed by atoms with Crippen molar-refractivity contribution >= 4 is 17.6 Å². The summed E-state index contributed by atoms with van der Waals surface area (Å²) >= 11 is 1.53. The number of aromatic nitrogens is 1. The van der Waals surface area contributed by atoms with Crippen molar-refractivity contribution in [3.8, 4) is 0 Å². The van der Waals surface area contributed by atoms with Gasteiger partial charge in [0.2, 0.25) is 0 Å². The molecule has 0 aliphatic carbocycles. The van der Waals surface area contributed by atoms with E-state index >= 15 is 0 Å². The van der Waals surface area contributed by atoms with E-state index in [-0.39, 0.29) is 12.6 Å². The third-order valence-electron chi connectivity index (χ3n) is 3.49. The van der Waals surface area contributed by atoms with E-state index in [9.17, 15) is 9.90 Å². The summed E-state index contributed by atoms with van der Waals surface area (Å²) in [5.41, 5.74) is 0.885. The van der Waals surface area contributed by atoms with Gasteiger partial charge in [0.25, 0.3) is 0 Å². The zero-order valence-corrected chi connectivity index (χ0v) is 12.0. The number of nitrogens with one attached hydrogen (secondary N) is 2. The van der Waals surface area contributed by atoms with Crippen LogP contribution in [0.3, 0.4) is 0 Å². The second-order valence-electron chi connectivity index (χ2n) is 4.83. The normalized spacial score (nSPS) is 21.3. The van der Waals surface area contributed by atoms with Crippen molar-refractivity contribution in [1.82, 2.24) is 15.6 Å². The minimum Gasteiger partial charge on any atom is -0.391 e. The molecule has 106 valence electrons. The first-order valence-electron chi connectivity index (χ1n) is 6.73. The number of nitrogens with zero attached hydrogens (tertiary/aromatic N) is 1. The number of aldehydes is 1. The van der Waals surface area contributed by atoms with E-state index in [2.05, 4.69) is 15.6 Å². The van der Waals surface area contributed by atoms with E-state index in [1.165, 1.54) is 24.2 Å². The number of hydrogen-bond donors (Lipinski definition) is 3. The van der Waals surface area contributed by atoms with Gasteiger partial charge in [-0.05, 0) is 26.3 Å². The largest absolute Gasteiger partial charge is 0.391 e. The van der Waals surface area contributed by atoms with E-state index in [0.29, 0.717) is 12.6 Å². The lowest BCUT2D eigenvalue weighted by atomic mass is 9.98. The number of aliphatic hydroxyl groups is 1. The molecule has 3 N–H and O–H groups in total. The molecule has 2 heterocycles. The summed E-state index contributed by atoms with van der Waals surface area (Å²) in [7, 11) is 0. The SMILES string of the molecule is Cc1nc(C(NCC=O)C2CCCCN2)sc1CO. The van der Waals surface area contributed by atoms with Crippen molar-refractivity contribution in [2.24, 2.45) is 0 Å². The Morgan fingerprint density at radius 1 is 1.63 bits per heavy atom. The maximum atomic E-state index is 10.6. The molecule has 0 bridgehead atoms. The van der Waals surface area contributed by atoms with Crippen LogP contribution in [0.1, 0.15) is 40.9 Å². The average molecular weight is 283 g/mol. The molecular formula is C13H21N3O2S. The molecule has 6 heteroatoms. The van der Waals surface area contributed by atoms with Gasteiger partial charge in [-0.1, -0.05) is 6.42 Å². The molecule has 1 aromatic heterocycles. The van der Waals surface area contributed by atoms with Crippen LogP contribution in [0.15, 0.2) is 0 Å². The summed E-state index contributed by atoms with van der Waals surface area (Å²) in [6.07, 6.45) is 4.37. The Kier molecular flexibility index (Phi) is 5.45. The molecule has 0 radical (unpaired) electrons. The summed E-state index contributed by atoms with van der Waals surface area (Å²) in [6, 6.07) is 0.361. The van der Waals surface area contributed by atoms with Crippen molar-refractivity contribution in [3.05, 3.63) is 15.6 Å². The van der Waals surface area contributed by atoms with Crippen LogP contribution in [0.25, 0.3) is 0 Å². The van der Waals surface area contributed by atoms with Crippen LogP contribution in [0.2, 0.25) is 0 Å². The summed E-state index contributed by atoms with van der Waals surface area (Å²) in [6.45, 7) is 3.29. The highest BCUT2D eigenvalue weighted by Crippen LogP contribution is 2.28. The first-order chi connectivity index (χ1) is 9.26. The fourth-order valence-electron chi connectivity index (χ4n) is 2.47. The molecule has 5 nitrogen and oxygen atoms in total. The number of aliphatic hydroxyl groups excluding tert-OH is 1. The van der Waals surface area contributed by atoms with Crippen LogP contribution in [0.4, 0.5) is 0 Å². The van der Waals surface area contributed by atoms with Gasteiger partial charge in [0.05, 0.1) is 29.8 Å². The van der Waals surface area contributed by atoms with Crippen molar-refractivity contribution in [3.63, 3.8) is 0 Å². The Morgan fingerprint density at radius 2 is 2.47 bits per heavy atom. The van der Waals surface area contributed by atoms with Crippen LogP contribution in [-0.2, 0) is 11.4 Å². The highest BCUT2D eigenvalue weighted by Gasteiger charge is 2.27. The number of hydrogen-bond acceptors (Lipinski definition) is 6. The number of thiazole rings is 1. The smallest absolute Gasteiger partial charge is 0.133 e. The van der Waals surface area contributed by atoms with E-state index in [0.717, 1.165) is 34.8 Å². The van der Waals surface area contributed by atoms with Gasteiger partial charge in [-0.25, -0.2) is 4.98 Å². The highest BCUT2D eigenvalue weighted by atomic mass is 32.1. The predicted octanol–water partition coefficient (Wildman–Crippen LogP) is 0.916. The number of rotatable bonds is 6. The zero-order valence-electron chi connectivity index (χ0n) is 11.2. The van der Waals surface area contributed by atoms with E-state index < -0.39 is 0 Å². The molecule has 0 saturated carbocycles. The Bertz CT molecular complexity index is 416. The van der Waals surface area contributed by atoms with Crippen molar-refractivity contribution in [1.29, 1.82) is 0 Å². The van der Waals surface area contributed by atoms with Gasteiger partial charge in [0.15, 0.2) is 0 Å². The van der Waals surface area contributed by atoms with Crippen molar-refractivity contribution in [2.75, 3.05) is 13.1 Å². The standard InChI is InChI=1S/C13H21N3O2S/c1-9-11(8-18)19-13(16-9)12(15-6-7-17)10-4-2-3-5-14-10/h7,10,12,14-15,18H,2-6,8H2,1H3. The summed E-state index contributed by atoms with van der Waals surface area (Å²) in [5, 5.41) is 17.0. The molecule has 2 atom stereocenters. The molecular weight excluding hydrogens is 262 g/mol. The average Bonchev–Trinajstić information content (AvgIpc) is 2.81. The molecule has 1 aromatic rings. The first kappa shape index (κ1) is 14.6. The van der Waals surface area contributed by atoms with E-state index in [4.69, 9.17) is 0 Å². The van der Waals surface area contributed by atoms with Gasteiger partial charge in [-0.2, -0.15) is 0 Å². The predicted molar refractivity (Wildman–Crippen MR) is 75.2 cm³/mol. The van der Waals surface area contributed by atoms with Crippen molar-refractivity contribution in [2.45, 2.75) is 44.9 Å². The van der Waals surface area contributed by atoms with Crippen LogP contribution < -0.4 is 10.6 Å². The topological polar surface area (TPSA) is 74.2 Å². The number of aryl methyl sites for hydroxylation is 1. The summed E-state index contributed by atoms with van der Waals surface area (Å²) in [4.78, 5) is 16.1. The molecule has 0 aromatic carbocycles. The van der Waals surface area contributed by atoms with Gasteiger partial charge < -0.3 is 15.2 Å². The Hall–Kier alpha value is -0.820. The lowest BCUT2D eigenvalue weighted by Gasteiger charge is -2.30. The monoisotopic (exact) mass is 283 g/mol. The van der Waals surface area contributed by atoms with E-state index in [1.54, 1.807) is 0 Å². The lowest BCUT2D eigenvalue weighted by Crippen LogP contribution is -2.44. The van der Waals surface area contributed by atoms with Crippen molar-refractivity contribution < 1.29 is 9.90 Å². The summed E-state index contributed by atoms with van der Waals surface area (Å²) in [5.74, 6) is 0. The van der Waals surface area contributed by atoms with Crippen LogP contribution in [0.5, 0.6) is 0 Å². The Morgan fingerprint density at radius 3 is 3.05 bits per heavy atom. The fraction of sp³-hybridized carbons (Fsp3) is 0.692. The highest BCUT2D eigenvalue weighted by molar-refractivity contribution is 7.11. The molecule has 2 unspecified atom stereocenters. The number of carbonyl (C=O) groups is 1. The number of carbonyl (C=O) groups excluding carboxylic acids is 1. The molecule has 1 aliphatic heterocycles. The maximum absolute atomic E-state index is 10.6. The minimum absolute atomic E-state index is 0.0298. The first-order valence-corrected chi connectivity index (χ1v) is 7.55. The van der Waals surface area contributed by atoms with Crippen LogP contribution >= 0.6 is 11.3 Å². The molecule has 0 spiro atoms. The van der Waals surface area contributed by atoms with Gasteiger partial charge >= 0.3 is 0 Å².